The number of alkyl halides is 3. The van der Waals surface area contributed by atoms with Gasteiger partial charge in [-0.25, -0.2) is 18.6 Å². The van der Waals surface area contributed by atoms with Crippen molar-refractivity contribution in [2.24, 2.45) is 0 Å². The summed E-state index contributed by atoms with van der Waals surface area (Å²) in [6, 6.07) is 9.94. The van der Waals surface area contributed by atoms with Crippen molar-refractivity contribution in [3.05, 3.63) is 113 Å². The molecular weight excluding hydrogens is 727 g/mol. The fraction of sp³-hybridized carbons (Fsp3) is 0.400. The predicted molar refractivity (Wildman–Crippen MR) is 194 cm³/mol. The van der Waals surface area contributed by atoms with Crippen LogP contribution in [0.5, 0.6) is 0 Å². The molecule has 2 atom stereocenters. The number of aromatic nitrogens is 1. The molecule has 4 rings (SSSR count). The molecule has 0 fully saturated rings. The molecule has 0 spiro atoms. The van der Waals surface area contributed by atoms with Crippen LogP contribution >= 0.6 is 0 Å². The van der Waals surface area contributed by atoms with Gasteiger partial charge in [0.25, 0.3) is 11.8 Å². The van der Waals surface area contributed by atoms with Gasteiger partial charge in [-0.15, -0.1) is 0 Å². The first-order valence-electron chi connectivity index (χ1n) is 17.8. The summed E-state index contributed by atoms with van der Waals surface area (Å²) in [6.45, 7) is 8.46. The molecule has 296 valence electrons. The maximum atomic E-state index is 14.6. The smallest absolute Gasteiger partial charge is 0.416 e. The first-order chi connectivity index (χ1) is 25.9. The maximum absolute atomic E-state index is 14.6. The van der Waals surface area contributed by atoms with Gasteiger partial charge >= 0.3 is 12.3 Å². The first kappa shape index (κ1) is 42.4. The summed E-state index contributed by atoms with van der Waals surface area (Å²) in [5.41, 5.74) is -1.52. The van der Waals surface area contributed by atoms with E-state index >= 15 is 0 Å². The average Bonchev–Trinajstić information content (AvgIpc) is 3.64. The maximum Gasteiger partial charge on any atom is 0.416 e. The minimum atomic E-state index is -4.70. The summed E-state index contributed by atoms with van der Waals surface area (Å²) in [5, 5.41) is 14.2. The van der Waals surface area contributed by atoms with Crippen LogP contribution in [0, 0.1) is 11.6 Å². The van der Waals surface area contributed by atoms with E-state index in [1.54, 1.807) is 25.7 Å². The van der Waals surface area contributed by atoms with Gasteiger partial charge in [-0.2, -0.15) is 13.2 Å². The highest BCUT2D eigenvalue weighted by Crippen LogP contribution is 2.30. The standard InChI is InChI=1S/C40H45F5N4O6/c1-6-12-48(13-7-2)36(51)28-19-27(35-46-11-14-54-35)20-29(21-28)37(52)49(23-25-9-8-10-30(15-25)40(43,44)45)24-34(50)33(47-38(53)55-39(3,4)5)18-26-16-31(41)22-32(42)17-26/h8-11,14-17,19-22,33-34,50H,6-7,12-13,18,23-24H2,1-5H3,(H,47,53)/t33-,34+/m0/s1. The van der Waals surface area contributed by atoms with Crippen LogP contribution in [0.1, 0.15) is 84.9 Å². The first-order valence-corrected chi connectivity index (χ1v) is 17.8. The number of aliphatic hydroxyl groups is 1. The minimum Gasteiger partial charge on any atom is -0.445 e. The van der Waals surface area contributed by atoms with Gasteiger partial charge in [0.15, 0.2) is 0 Å². The lowest BCUT2D eigenvalue weighted by molar-refractivity contribution is -0.137. The molecule has 0 saturated carbocycles. The van der Waals surface area contributed by atoms with Gasteiger partial charge in [-0.3, -0.25) is 9.59 Å². The molecule has 0 unspecified atom stereocenters. The topological polar surface area (TPSA) is 125 Å². The molecule has 0 saturated heterocycles. The summed E-state index contributed by atoms with van der Waals surface area (Å²) in [6.07, 6.45) is -3.65. The highest BCUT2D eigenvalue weighted by atomic mass is 19.4. The summed E-state index contributed by atoms with van der Waals surface area (Å²) >= 11 is 0. The number of nitrogens with zero attached hydrogens (tertiary/aromatic N) is 3. The molecule has 15 heteroatoms. The van der Waals surface area contributed by atoms with E-state index in [0.717, 1.165) is 29.2 Å². The highest BCUT2D eigenvalue weighted by molar-refractivity contribution is 6.01. The zero-order valence-corrected chi connectivity index (χ0v) is 31.3. The van der Waals surface area contributed by atoms with E-state index in [1.165, 1.54) is 42.8 Å². The Morgan fingerprint density at radius 1 is 0.873 bits per heavy atom. The van der Waals surface area contributed by atoms with Crippen LogP contribution in [0.2, 0.25) is 0 Å². The Balaban J connectivity index is 1.80. The molecule has 4 aromatic rings. The van der Waals surface area contributed by atoms with Gasteiger partial charge in [-0.1, -0.05) is 26.0 Å². The second kappa shape index (κ2) is 18.3. The number of benzene rings is 3. The van der Waals surface area contributed by atoms with E-state index in [4.69, 9.17) is 9.15 Å². The van der Waals surface area contributed by atoms with Crippen molar-refractivity contribution in [3.8, 4) is 11.5 Å². The molecule has 10 nitrogen and oxygen atoms in total. The quantitative estimate of drug-likeness (QED) is 0.117. The van der Waals surface area contributed by atoms with E-state index in [9.17, 15) is 41.4 Å². The van der Waals surface area contributed by atoms with Crippen molar-refractivity contribution in [2.45, 2.75) is 84.3 Å². The van der Waals surface area contributed by atoms with Gasteiger partial charge in [0.2, 0.25) is 5.89 Å². The molecule has 1 aromatic heterocycles. The van der Waals surface area contributed by atoms with E-state index in [2.05, 4.69) is 10.3 Å². The van der Waals surface area contributed by atoms with Crippen molar-refractivity contribution < 1.29 is 50.6 Å². The Morgan fingerprint density at radius 2 is 1.49 bits per heavy atom. The molecule has 0 aliphatic carbocycles. The average molecular weight is 773 g/mol. The van der Waals surface area contributed by atoms with Crippen LogP contribution in [0.15, 0.2) is 77.5 Å². The van der Waals surface area contributed by atoms with Gasteiger partial charge in [0.05, 0.1) is 23.9 Å². The molecule has 55 heavy (non-hydrogen) atoms. The van der Waals surface area contributed by atoms with Crippen LogP contribution in [0.25, 0.3) is 11.5 Å². The number of aliphatic hydroxyl groups excluding tert-OH is 1. The number of carbonyl (C=O) groups excluding carboxylic acids is 3. The van der Waals surface area contributed by atoms with E-state index in [1.807, 2.05) is 13.8 Å². The SMILES string of the molecule is CCCN(CCC)C(=O)c1cc(C(=O)N(Cc2cccc(C(F)(F)F)c2)C[C@@H](O)[C@H](Cc2cc(F)cc(F)c2)NC(=O)OC(C)(C)C)cc(-c2ncco2)c1. The van der Waals surface area contributed by atoms with E-state index in [0.29, 0.717) is 32.0 Å². The number of nitrogens with one attached hydrogen (secondary N) is 1. The third kappa shape index (κ3) is 12.4. The molecule has 1 heterocycles. The second-order valence-electron chi connectivity index (χ2n) is 14.1. The number of hydrogen-bond acceptors (Lipinski definition) is 7. The number of halogens is 5. The van der Waals surface area contributed by atoms with Crippen molar-refractivity contribution in [2.75, 3.05) is 19.6 Å². The van der Waals surface area contributed by atoms with Crippen LogP contribution < -0.4 is 5.32 Å². The monoisotopic (exact) mass is 772 g/mol. The van der Waals surface area contributed by atoms with E-state index < -0.39 is 66.2 Å². The van der Waals surface area contributed by atoms with Gasteiger partial charge in [0, 0.05) is 48.9 Å². The lowest BCUT2D eigenvalue weighted by Crippen LogP contribution is -2.51. The van der Waals surface area contributed by atoms with Crippen molar-refractivity contribution >= 4 is 17.9 Å². The number of ether oxygens (including phenoxy) is 1. The molecule has 3 amide bonds. The number of carbonyl (C=O) groups is 3. The number of oxazole rings is 1. The Bertz CT molecular complexity index is 1900. The highest BCUT2D eigenvalue weighted by Gasteiger charge is 2.32. The number of alkyl carbamates (subject to hydrolysis) is 1. The van der Waals surface area contributed by atoms with Crippen LogP contribution in [0.3, 0.4) is 0 Å². The third-order valence-corrected chi connectivity index (χ3v) is 8.25. The van der Waals surface area contributed by atoms with E-state index in [-0.39, 0.29) is 46.0 Å². The van der Waals surface area contributed by atoms with Crippen molar-refractivity contribution in [3.63, 3.8) is 0 Å². The summed E-state index contributed by atoms with van der Waals surface area (Å²) in [5.74, 6) is -2.90. The van der Waals surface area contributed by atoms with Crippen LogP contribution in [-0.2, 0) is 23.9 Å². The van der Waals surface area contributed by atoms with Crippen molar-refractivity contribution in [1.82, 2.24) is 20.1 Å². The summed E-state index contributed by atoms with van der Waals surface area (Å²) in [4.78, 5) is 48.2. The number of hydrogen-bond donors (Lipinski definition) is 2. The van der Waals surface area contributed by atoms with Crippen LogP contribution in [-0.4, -0.2) is 75.2 Å². The largest absolute Gasteiger partial charge is 0.445 e. The zero-order valence-electron chi connectivity index (χ0n) is 31.3. The normalized spacial score (nSPS) is 12.9. The van der Waals surface area contributed by atoms with Crippen LogP contribution in [0.4, 0.5) is 26.7 Å². The number of amides is 3. The zero-order chi connectivity index (χ0) is 40.5. The molecule has 3 aromatic carbocycles. The van der Waals surface area contributed by atoms with Gasteiger partial charge in [-0.05, 0) is 93.6 Å². The Morgan fingerprint density at radius 3 is 2.04 bits per heavy atom. The molecule has 0 radical (unpaired) electrons. The lowest BCUT2D eigenvalue weighted by Gasteiger charge is -2.31. The Hall–Kier alpha value is -5.31. The lowest BCUT2D eigenvalue weighted by atomic mass is 9.99. The Labute approximate surface area is 316 Å². The summed E-state index contributed by atoms with van der Waals surface area (Å²) in [7, 11) is 0. The molecule has 2 N–H and O–H groups in total. The third-order valence-electron chi connectivity index (χ3n) is 8.25. The fourth-order valence-corrected chi connectivity index (χ4v) is 5.95. The van der Waals surface area contributed by atoms with Gasteiger partial charge in [0.1, 0.15) is 23.5 Å². The summed E-state index contributed by atoms with van der Waals surface area (Å²) < 4.78 is 80.5. The molecule has 0 aliphatic heterocycles. The molecule has 0 aliphatic rings. The number of rotatable bonds is 15. The predicted octanol–water partition coefficient (Wildman–Crippen LogP) is 8.04. The van der Waals surface area contributed by atoms with Crippen molar-refractivity contribution in [1.29, 1.82) is 0 Å². The Kier molecular flexibility index (Phi) is 14.2. The molecular formula is C40H45F5N4O6. The minimum absolute atomic E-state index is 0.0523. The fourth-order valence-electron chi connectivity index (χ4n) is 5.95. The second-order valence-corrected chi connectivity index (χ2v) is 14.1. The molecule has 0 bridgehead atoms. The van der Waals surface area contributed by atoms with Gasteiger partial charge < -0.3 is 29.4 Å².